The Morgan fingerprint density at radius 3 is 2.89 bits per heavy atom. The van der Waals surface area contributed by atoms with E-state index >= 15 is 0 Å². The molecule has 0 aliphatic carbocycles. The molecule has 0 saturated heterocycles. The second-order valence-corrected chi connectivity index (χ2v) is 5.23. The Morgan fingerprint density at radius 1 is 1.37 bits per heavy atom. The standard InChI is InChI=1S/C14H13N3OS/c15-13(10-4-2-1-3-5-10)12(18)8-11-9-17-6-7-19-14(17)16-11/h1-7,9,13H,8,15H2/t13-/m1/s1. The Kier molecular flexibility index (Phi) is 3.15. The lowest BCUT2D eigenvalue weighted by molar-refractivity contribution is -0.119. The molecular formula is C14H13N3OS. The van der Waals surface area contributed by atoms with Gasteiger partial charge in [-0.25, -0.2) is 4.98 Å². The van der Waals surface area contributed by atoms with Crippen LogP contribution in [0.1, 0.15) is 17.3 Å². The fourth-order valence-electron chi connectivity index (χ4n) is 2.00. The Hall–Kier alpha value is -1.98. The van der Waals surface area contributed by atoms with Crippen molar-refractivity contribution < 1.29 is 4.79 Å². The third-order valence-electron chi connectivity index (χ3n) is 3.00. The van der Waals surface area contributed by atoms with Gasteiger partial charge in [-0.3, -0.25) is 9.20 Å². The molecular weight excluding hydrogens is 258 g/mol. The van der Waals surface area contributed by atoms with Crippen LogP contribution in [0.5, 0.6) is 0 Å². The first-order valence-electron chi connectivity index (χ1n) is 5.98. The Balaban J connectivity index is 1.76. The van der Waals surface area contributed by atoms with Crippen molar-refractivity contribution in [3.8, 4) is 0 Å². The molecule has 5 heteroatoms. The number of nitrogens with zero attached hydrogens (tertiary/aromatic N) is 2. The lowest BCUT2D eigenvalue weighted by atomic mass is 10.0. The van der Waals surface area contributed by atoms with Gasteiger partial charge < -0.3 is 5.73 Å². The fourth-order valence-corrected chi connectivity index (χ4v) is 2.71. The number of Topliss-reactive ketones (excluding diaryl/α,β-unsaturated/α-hetero) is 1. The van der Waals surface area contributed by atoms with Gasteiger partial charge in [-0.05, 0) is 5.56 Å². The van der Waals surface area contributed by atoms with Crippen LogP contribution in [0.2, 0.25) is 0 Å². The van der Waals surface area contributed by atoms with Crippen LogP contribution in [-0.4, -0.2) is 15.2 Å². The van der Waals surface area contributed by atoms with Crippen molar-refractivity contribution in [1.29, 1.82) is 0 Å². The summed E-state index contributed by atoms with van der Waals surface area (Å²) in [5.74, 6) is -0.0167. The largest absolute Gasteiger partial charge is 0.318 e. The highest BCUT2D eigenvalue weighted by Gasteiger charge is 2.17. The highest BCUT2D eigenvalue weighted by atomic mass is 32.1. The SMILES string of the molecule is N[C@@H](C(=O)Cc1cn2ccsc2n1)c1ccccc1. The van der Waals surface area contributed by atoms with E-state index in [1.165, 1.54) is 0 Å². The van der Waals surface area contributed by atoms with Crippen LogP contribution in [-0.2, 0) is 11.2 Å². The van der Waals surface area contributed by atoms with E-state index in [9.17, 15) is 4.79 Å². The van der Waals surface area contributed by atoms with Gasteiger partial charge in [0.1, 0.15) is 0 Å². The van der Waals surface area contributed by atoms with Gasteiger partial charge in [0.25, 0.3) is 0 Å². The lowest BCUT2D eigenvalue weighted by Gasteiger charge is -2.09. The maximum Gasteiger partial charge on any atom is 0.193 e. The minimum atomic E-state index is -0.582. The number of carbonyl (C=O) groups excluding carboxylic acids is 1. The van der Waals surface area contributed by atoms with E-state index in [4.69, 9.17) is 5.73 Å². The molecule has 96 valence electrons. The van der Waals surface area contributed by atoms with Gasteiger partial charge in [-0.2, -0.15) is 0 Å². The average Bonchev–Trinajstić information content (AvgIpc) is 2.99. The summed E-state index contributed by atoms with van der Waals surface area (Å²) in [7, 11) is 0. The first-order valence-corrected chi connectivity index (χ1v) is 6.86. The summed E-state index contributed by atoms with van der Waals surface area (Å²) in [5.41, 5.74) is 7.58. The van der Waals surface area contributed by atoms with E-state index in [1.807, 2.05) is 52.5 Å². The van der Waals surface area contributed by atoms with Crippen molar-refractivity contribution in [3.63, 3.8) is 0 Å². The molecule has 0 spiro atoms. The van der Waals surface area contributed by atoms with Gasteiger partial charge in [-0.15, -0.1) is 11.3 Å². The normalized spacial score (nSPS) is 12.7. The molecule has 0 bridgehead atoms. The first-order chi connectivity index (χ1) is 9.24. The lowest BCUT2D eigenvalue weighted by Crippen LogP contribution is -2.23. The molecule has 2 aromatic heterocycles. The number of nitrogens with two attached hydrogens (primary N) is 1. The number of hydrogen-bond acceptors (Lipinski definition) is 4. The summed E-state index contributed by atoms with van der Waals surface area (Å²) in [5, 5.41) is 1.96. The van der Waals surface area contributed by atoms with Gasteiger partial charge in [0.2, 0.25) is 0 Å². The molecule has 1 aromatic carbocycles. The van der Waals surface area contributed by atoms with Gasteiger partial charge in [0, 0.05) is 17.8 Å². The van der Waals surface area contributed by atoms with E-state index < -0.39 is 6.04 Å². The summed E-state index contributed by atoms with van der Waals surface area (Å²) < 4.78 is 1.92. The Morgan fingerprint density at radius 2 is 2.16 bits per heavy atom. The number of benzene rings is 1. The maximum atomic E-state index is 12.1. The van der Waals surface area contributed by atoms with Crippen molar-refractivity contribution >= 4 is 22.1 Å². The van der Waals surface area contributed by atoms with Gasteiger partial charge in [-0.1, -0.05) is 30.3 Å². The molecule has 4 nitrogen and oxygen atoms in total. The van der Waals surface area contributed by atoms with Crippen LogP contribution in [0.25, 0.3) is 4.96 Å². The topological polar surface area (TPSA) is 60.4 Å². The van der Waals surface area contributed by atoms with E-state index in [0.717, 1.165) is 16.2 Å². The highest BCUT2D eigenvalue weighted by molar-refractivity contribution is 7.15. The minimum absolute atomic E-state index is 0.0167. The summed E-state index contributed by atoms with van der Waals surface area (Å²) in [6, 6.07) is 8.83. The van der Waals surface area contributed by atoms with Gasteiger partial charge in [0.05, 0.1) is 18.2 Å². The first kappa shape index (κ1) is 12.1. The monoisotopic (exact) mass is 271 g/mol. The van der Waals surface area contributed by atoms with Crippen LogP contribution in [0.3, 0.4) is 0 Å². The molecule has 2 N–H and O–H groups in total. The predicted molar refractivity (Wildman–Crippen MR) is 75.2 cm³/mol. The predicted octanol–water partition coefficient (Wildman–Crippen LogP) is 2.21. The van der Waals surface area contributed by atoms with Crippen molar-refractivity contribution in [3.05, 3.63) is 59.4 Å². The summed E-state index contributed by atoms with van der Waals surface area (Å²) in [6.07, 6.45) is 4.07. The Bertz CT molecular complexity index is 673. The van der Waals surface area contributed by atoms with Gasteiger partial charge in [0.15, 0.2) is 10.7 Å². The van der Waals surface area contributed by atoms with Crippen LogP contribution in [0, 0.1) is 0 Å². The van der Waals surface area contributed by atoms with Gasteiger partial charge >= 0.3 is 0 Å². The van der Waals surface area contributed by atoms with E-state index in [1.54, 1.807) is 11.3 Å². The second-order valence-electron chi connectivity index (χ2n) is 4.36. The van der Waals surface area contributed by atoms with Crippen LogP contribution >= 0.6 is 11.3 Å². The third kappa shape index (κ3) is 2.43. The summed E-state index contributed by atoms with van der Waals surface area (Å²) in [6.45, 7) is 0. The summed E-state index contributed by atoms with van der Waals surface area (Å²) >= 11 is 1.55. The van der Waals surface area contributed by atoms with Crippen LogP contribution in [0.4, 0.5) is 0 Å². The zero-order valence-corrected chi connectivity index (χ0v) is 11.0. The number of fused-ring (bicyclic) bond motifs is 1. The Labute approximate surface area is 114 Å². The number of hydrogen-bond donors (Lipinski definition) is 1. The molecule has 0 aliphatic heterocycles. The number of carbonyl (C=O) groups is 1. The number of thiazole rings is 1. The third-order valence-corrected chi connectivity index (χ3v) is 3.77. The van der Waals surface area contributed by atoms with E-state index in [0.29, 0.717) is 0 Å². The highest BCUT2D eigenvalue weighted by Crippen LogP contribution is 2.15. The van der Waals surface area contributed by atoms with Crippen molar-refractivity contribution in [1.82, 2.24) is 9.38 Å². The van der Waals surface area contributed by atoms with Crippen LogP contribution < -0.4 is 5.73 Å². The van der Waals surface area contributed by atoms with Crippen molar-refractivity contribution in [2.24, 2.45) is 5.73 Å². The number of aromatic nitrogens is 2. The molecule has 3 aromatic rings. The molecule has 1 atom stereocenters. The molecule has 2 heterocycles. The molecule has 0 fully saturated rings. The molecule has 19 heavy (non-hydrogen) atoms. The van der Waals surface area contributed by atoms with E-state index in [2.05, 4.69) is 4.98 Å². The molecule has 0 unspecified atom stereocenters. The fraction of sp³-hybridized carbons (Fsp3) is 0.143. The van der Waals surface area contributed by atoms with Crippen molar-refractivity contribution in [2.45, 2.75) is 12.5 Å². The number of ketones is 1. The smallest absolute Gasteiger partial charge is 0.193 e. The molecule has 3 rings (SSSR count). The minimum Gasteiger partial charge on any atom is -0.318 e. The zero-order valence-electron chi connectivity index (χ0n) is 10.2. The second kappa shape index (κ2) is 4.95. The van der Waals surface area contributed by atoms with Crippen LogP contribution in [0.15, 0.2) is 48.1 Å². The quantitative estimate of drug-likeness (QED) is 0.791. The zero-order chi connectivity index (χ0) is 13.2. The van der Waals surface area contributed by atoms with Crippen molar-refractivity contribution in [2.75, 3.05) is 0 Å². The molecule has 0 aliphatic rings. The number of rotatable bonds is 4. The summed E-state index contributed by atoms with van der Waals surface area (Å²) in [4.78, 5) is 17.4. The van der Waals surface area contributed by atoms with E-state index in [-0.39, 0.29) is 12.2 Å². The average molecular weight is 271 g/mol. The number of imidazole rings is 1. The maximum absolute atomic E-state index is 12.1. The molecule has 0 saturated carbocycles. The molecule has 0 amide bonds. The molecule has 0 radical (unpaired) electrons.